The molecule has 2 aromatic carbocycles. The maximum Gasteiger partial charge on any atom is 0.184 e. The number of hydrogen-bond acceptors (Lipinski definition) is 3. The Kier molecular flexibility index (Phi) is 4.57. The van der Waals surface area contributed by atoms with Crippen LogP contribution in [0.3, 0.4) is 0 Å². The number of sulfone groups is 1. The zero-order valence-corrected chi connectivity index (χ0v) is 12.1. The number of aliphatic hydroxyl groups excluding tert-OH is 1. The van der Waals surface area contributed by atoms with E-state index >= 15 is 0 Å². The lowest BCUT2D eigenvalue weighted by Gasteiger charge is -2.22. The SMILES string of the molecule is CC[C@@H]([C@H](O)c1ccccc1)S(=O)(=O)c1ccccc1. The summed E-state index contributed by atoms with van der Waals surface area (Å²) < 4.78 is 25.2. The molecule has 1 N–H and O–H groups in total. The summed E-state index contributed by atoms with van der Waals surface area (Å²) in [6.07, 6.45) is -0.667. The lowest BCUT2D eigenvalue weighted by molar-refractivity contribution is 0.169. The molecule has 2 rings (SSSR count). The van der Waals surface area contributed by atoms with Crippen molar-refractivity contribution in [2.45, 2.75) is 29.6 Å². The van der Waals surface area contributed by atoms with Crippen molar-refractivity contribution in [1.82, 2.24) is 0 Å². The van der Waals surface area contributed by atoms with Gasteiger partial charge < -0.3 is 5.11 Å². The van der Waals surface area contributed by atoms with E-state index in [-0.39, 0.29) is 4.90 Å². The van der Waals surface area contributed by atoms with E-state index < -0.39 is 21.2 Å². The van der Waals surface area contributed by atoms with Crippen LogP contribution < -0.4 is 0 Å². The normalized spacial score (nSPS) is 14.7. The molecular weight excluding hydrogens is 272 g/mol. The molecule has 0 fully saturated rings. The van der Waals surface area contributed by atoms with Gasteiger partial charge in [-0.3, -0.25) is 0 Å². The minimum absolute atomic E-state index is 0.252. The van der Waals surface area contributed by atoms with Gasteiger partial charge in [0.25, 0.3) is 0 Å². The number of aliphatic hydroxyl groups is 1. The second-order valence-electron chi connectivity index (χ2n) is 4.66. The summed E-state index contributed by atoms with van der Waals surface area (Å²) in [4.78, 5) is 0.252. The molecule has 0 aromatic heterocycles. The summed E-state index contributed by atoms with van der Waals surface area (Å²) in [5.41, 5.74) is 0.624. The third-order valence-electron chi connectivity index (χ3n) is 3.37. The van der Waals surface area contributed by atoms with Crippen molar-refractivity contribution in [1.29, 1.82) is 0 Å². The molecule has 4 heteroatoms. The Morgan fingerprint density at radius 3 is 1.95 bits per heavy atom. The number of rotatable bonds is 5. The summed E-state index contributed by atoms with van der Waals surface area (Å²) in [5.74, 6) is 0. The van der Waals surface area contributed by atoms with Gasteiger partial charge in [0.05, 0.1) is 16.2 Å². The Morgan fingerprint density at radius 2 is 1.45 bits per heavy atom. The van der Waals surface area contributed by atoms with Crippen LogP contribution >= 0.6 is 0 Å². The van der Waals surface area contributed by atoms with Crippen LogP contribution in [-0.4, -0.2) is 18.8 Å². The van der Waals surface area contributed by atoms with E-state index in [0.29, 0.717) is 12.0 Å². The third-order valence-corrected chi connectivity index (χ3v) is 5.68. The summed E-state index contributed by atoms with van der Waals surface area (Å²) in [6, 6.07) is 17.2. The average Bonchev–Trinajstić information content (AvgIpc) is 2.49. The van der Waals surface area contributed by atoms with Crippen molar-refractivity contribution in [3.8, 4) is 0 Å². The van der Waals surface area contributed by atoms with Crippen LogP contribution in [0.1, 0.15) is 25.0 Å². The summed E-state index contributed by atoms with van der Waals surface area (Å²) in [5, 5.41) is 9.56. The molecular formula is C16H18O3S. The second-order valence-corrected chi connectivity index (χ2v) is 6.83. The van der Waals surface area contributed by atoms with Crippen LogP contribution in [0.15, 0.2) is 65.6 Å². The molecule has 0 aliphatic heterocycles. The first-order valence-corrected chi connectivity index (χ1v) is 8.14. The van der Waals surface area contributed by atoms with Gasteiger partial charge in [-0.15, -0.1) is 0 Å². The van der Waals surface area contributed by atoms with Crippen molar-refractivity contribution < 1.29 is 13.5 Å². The van der Waals surface area contributed by atoms with Crippen molar-refractivity contribution >= 4 is 9.84 Å². The fourth-order valence-electron chi connectivity index (χ4n) is 2.26. The minimum Gasteiger partial charge on any atom is -0.387 e. The molecule has 0 heterocycles. The smallest absolute Gasteiger partial charge is 0.184 e. The maximum atomic E-state index is 12.6. The fourth-order valence-corrected chi connectivity index (χ4v) is 4.08. The summed E-state index contributed by atoms with van der Waals surface area (Å²) >= 11 is 0. The van der Waals surface area contributed by atoms with Gasteiger partial charge in [0.2, 0.25) is 0 Å². The Bertz CT molecular complexity index is 636. The molecule has 0 unspecified atom stereocenters. The van der Waals surface area contributed by atoms with Gasteiger partial charge in [-0.2, -0.15) is 0 Å². The first kappa shape index (κ1) is 14.8. The van der Waals surface area contributed by atoms with E-state index in [1.54, 1.807) is 61.5 Å². The second kappa shape index (κ2) is 6.20. The monoisotopic (exact) mass is 290 g/mol. The van der Waals surface area contributed by atoms with Crippen LogP contribution in [0, 0.1) is 0 Å². The van der Waals surface area contributed by atoms with Crippen LogP contribution in [0.5, 0.6) is 0 Å². The Labute approximate surface area is 119 Å². The van der Waals surface area contributed by atoms with E-state index in [2.05, 4.69) is 0 Å². The third kappa shape index (κ3) is 2.92. The number of hydrogen-bond donors (Lipinski definition) is 1. The maximum absolute atomic E-state index is 12.6. The molecule has 0 saturated heterocycles. The molecule has 3 nitrogen and oxygen atoms in total. The Hall–Kier alpha value is -1.65. The highest BCUT2D eigenvalue weighted by atomic mass is 32.2. The highest BCUT2D eigenvalue weighted by Crippen LogP contribution is 2.29. The zero-order valence-electron chi connectivity index (χ0n) is 11.3. The quantitative estimate of drug-likeness (QED) is 0.921. The van der Waals surface area contributed by atoms with Gasteiger partial charge in [0, 0.05) is 0 Å². The van der Waals surface area contributed by atoms with Crippen molar-refractivity contribution in [2.75, 3.05) is 0 Å². The predicted octanol–water partition coefficient (Wildman–Crippen LogP) is 2.97. The lowest BCUT2D eigenvalue weighted by Crippen LogP contribution is -2.28. The molecule has 0 amide bonds. The largest absolute Gasteiger partial charge is 0.387 e. The summed E-state index contributed by atoms with van der Waals surface area (Å²) in [6.45, 7) is 1.78. The molecule has 106 valence electrons. The van der Waals surface area contributed by atoms with Gasteiger partial charge in [-0.25, -0.2) is 8.42 Å². The highest BCUT2D eigenvalue weighted by Gasteiger charge is 2.32. The van der Waals surface area contributed by atoms with Crippen molar-refractivity contribution in [2.24, 2.45) is 0 Å². The molecule has 2 atom stereocenters. The topological polar surface area (TPSA) is 54.4 Å². The molecule has 2 aromatic rings. The zero-order chi connectivity index (χ0) is 14.6. The molecule has 0 saturated carbocycles. The van der Waals surface area contributed by atoms with Gasteiger partial charge >= 0.3 is 0 Å². The van der Waals surface area contributed by atoms with E-state index in [4.69, 9.17) is 0 Å². The summed E-state index contributed by atoms with van der Waals surface area (Å²) in [7, 11) is -3.55. The van der Waals surface area contributed by atoms with Crippen molar-refractivity contribution in [3.05, 3.63) is 66.2 Å². The fraction of sp³-hybridized carbons (Fsp3) is 0.250. The van der Waals surface area contributed by atoms with E-state index in [0.717, 1.165) is 0 Å². The van der Waals surface area contributed by atoms with Crippen LogP contribution in [0.25, 0.3) is 0 Å². The molecule has 0 spiro atoms. The lowest BCUT2D eigenvalue weighted by atomic mass is 10.1. The van der Waals surface area contributed by atoms with Gasteiger partial charge in [0.1, 0.15) is 0 Å². The first-order chi connectivity index (χ1) is 9.57. The van der Waals surface area contributed by atoms with E-state index in [9.17, 15) is 13.5 Å². The standard InChI is InChI=1S/C16H18O3S/c1-2-15(16(17)13-9-5-3-6-10-13)20(18,19)14-11-7-4-8-12-14/h3-12,15-17H,2H2,1H3/t15-,16+/m0/s1. The van der Waals surface area contributed by atoms with Crippen LogP contribution in [-0.2, 0) is 9.84 Å². The molecule has 20 heavy (non-hydrogen) atoms. The molecule has 0 bridgehead atoms. The van der Waals surface area contributed by atoms with Crippen LogP contribution in [0.4, 0.5) is 0 Å². The predicted molar refractivity (Wildman–Crippen MR) is 79.1 cm³/mol. The van der Waals surface area contributed by atoms with E-state index in [1.165, 1.54) is 0 Å². The van der Waals surface area contributed by atoms with Crippen LogP contribution in [0.2, 0.25) is 0 Å². The van der Waals surface area contributed by atoms with Gasteiger partial charge in [-0.1, -0.05) is 55.5 Å². The number of benzene rings is 2. The molecule has 0 radical (unpaired) electrons. The van der Waals surface area contributed by atoms with Gasteiger partial charge in [-0.05, 0) is 24.1 Å². The van der Waals surface area contributed by atoms with E-state index in [1.807, 2.05) is 6.07 Å². The highest BCUT2D eigenvalue weighted by molar-refractivity contribution is 7.92. The average molecular weight is 290 g/mol. The van der Waals surface area contributed by atoms with Crippen molar-refractivity contribution in [3.63, 3.8) is 0 Å². The minimum atomic E-state index is -3.55. The molecule has 0 aliphatic rings. The Morgan fingerprint density at radius 1 is 0.950 bits per heavy atom. The van der Waals surface area contributed by atoms with Gasteiger partial charge in [0.15, 0.2) is 9.84 Å². The molecule has 0 aliphatic carbocycles. The Balaban J connectivity index is 2.38. The first-order valence-electron chi connectivity index (χ1n) is 6.59.